The van der Waals surface area contributed by atoms with Gasteiger partial charge in [0, 0.05) is 19.1 Å². The van der Waals surface area contributed by atoms with E-state index in [0.29, 0.717) is 6.61 Å². The monoisotopic (exact) mass is 339 g/mol. The van der Waals surface area contributed by atoms with Gasteiger partial charge in [0.1, 0.15) is 6.10 Å². The fraction of sp³-hybridized carbons (Fsp3) is 0.381. The third-order valence-electron chi connectivity index (χ3n) is 4.73. The second kappa shape index (κ2) is 7.81. The third kappa shape index (κ3) is 4.27. The predicted octanol–water partition coefficient (Wildman–Crippen LogP) is 2.86. The SMILES string of the molecule is C[C@](O)(CNC(=O)[C@@H]1CCCO1)C(c1ccccc1)c1ccccc1. The van der Waals surface area contributed by atoms with E-state index in [1.54, 1.807) is 6.92 Å². The van der Waals surface area contributed by atoms with Gasteiger partial charge in [-0.05, 0) is 30.9 Å². The lowest BCUT2D eigenvalue weighted by molar-refractivity contribution is -0.131. The van der Waals surface area contributed by atoms with Crippen molar-refractivity contribution in [2.24, 2.45) is 0 Å². The molecular formula is C21H25NO3. The maximum Gasteiger partial charge on any atom is 0.249 e. The molecule has 1 saturated heterocycles. The van der Waals surface area contributed by atoms with Gasteiger partial charge in [-0.1, -0.05) is 60.7 Å². The second-order valence-electron chi connectivity index (χ2n) is 6.83. The van der Waals surface area contributed by atoms with Gasteiger partial charge in [0.25, 0.3) is 0 Å². The number of hydrogen-bond donors (Lipinski definition) is 2. The van der Waals surface area contributed by atoms with Crippen LogP contribution in [0.2, 0.25) is 0 Å². The summed E-state index contributed by atoms with van der Waals surface area (Å²) in [4.78, 5) is 12.2. The Balaban J connectivity index is 1.80. The van der Waals surface area contributed by atoms with Crippen LogP contribution in [0.4, 0.5) is 0 Å². The maximum atomic E-state index is 12.2. The third-order valence-corrected chi connectivity index (χ3v) is 4.73. The van der Waals surface area contributed by atoms with E-state index in [1.807, 2.05) is 60.7 Å². The van der Waals surface area contributed by atoms with Gasteiger partial charge >= 0.3 is 0 Å². The van der Waals surface area contributed by atoms with Crippen LogP contribution in [0.25, 0.3) is 0 Å². The van der Waals surface area contributed by atoms with Gasteiger partial charge < -0.3 is 15.2 Å². The van der Waals surface area contributed by atoms with E-state index >= 15 is 0 Å². The molecule has 1 aliphatic heterocycles. The lowest BCUT2D eigenvalue weighted by Gasteiger charge is -2.34. The summed E-state index contributed by atoms with van der Waals surface area (Å²) >= 11 is 0. The molecule has 1 fully saturated rings. The van der Waals surface area contributed by atoms with E-state index < -0.39 is 5.60 Å². The Labute approximate surface area is 148 Å². The van der Waals surface area contributed by atoms with Crippen LogP contribution in [0, 0.1) is 0 Å². The summed E-state index contributed by atoms with van der Waals surface area (Å²) < 4.78 is 5.42. The van der Waals surface area contributed by atoms with Crippen molar-refractivity contribution in [3.05, 3.63) is 71.8 Å². The first-order valence-electron chi connectivity index (χ1n) is 8.79. The van der Waals surface area contributed by atoms with Gasteiger partial charge in [0.15, 0.2) is 0 Å². The predicted molar refractivity (Wildman–Crippen MR) is 97.3 cm³/mol. The van der Waals surface area contributed by atoms with Crippen LogP contribution >= 0.6 is 0 Å². The summed E-state index contributed by atoms with van der Waals surface area (Å²) in [5.74, 6) is -0.377. The number of aliphatic hydroxyl groups is 1. The van der Waals surface area contributed by atoms with Crippen molar-refractivity contribution < 1.29 is 14.6 Å². The molecule has 2 aromatic carbocycles. The van der Waals surface area contributed by atoms with Crippen LogP contribution in [0.15, 0.2) is 60.7 Å². The molecule has 1 amide bonds. The standard InChI is InChI=1S/C21H25NO3/c1-21(24,15-22-20(23)18-13-8-14-25-18)19(16-9-4-2-5-10-16)17-11-6-3-7-12-17/h2-7,9-12,18-19,24H,8,13-15H2,1H3,(H,22,23)/t18-,21-/m0/s1. The summed E-state index contributed by atoms with van der Waals surface area (Å²) in [6.45, 7) is 2.57. The van der Waals surface area contributed by atoms with Crippen molar-refractivity contribution >= 4 is 5.91 Å². The summed E-state index contributed by atoms with van der Waals surface area (Å²) in [5, 5.41) is 14.1. The first-order valence-corrected chi connectivity index (χ1v) is 8.79. The van der Waals surface area contributed by atoms with Crippen LogP contribution in [0.5, 0.6) is 0 Å². The number of amides is 1. The lowest BCUT2D eigenvalue weighted by Crippen LogP contribution is -2.47. The van der Waals surface area contributed by atoms with Crippen LogP contribution < -0.4 is 5.32 Å². The topological polar surface area (TPSA) is 58.6 Å². The number of carbonyl (C=O) groups is 1. The number of benzene rings is 2. The molecule has 0 bridgehead atoms. The van der Waals surface area contributed by atoms with Crippen molar-refractivity contribution in [2.45, 2.75) is 37.4 Å². The molecule has 0 saturated carbocycles. The number of rotatable bonds is 6. The van der Waals surface area contributed by atoms with Crippen molar-refractivity contribution in [1.29, 1.82) is 0 Å². The van der Waals surface area contributed by atoms with E-state index in [4.69, 9.17) is 4.74 Å². The summed E-state index contributed by atoms with van der Waals surface area (Å²) in [5.41, 5.74) is 0.909. The van der Waals surface area contributed by atoms with Gasteiger partial charge in [-0.25, -0.2) is 0 Å². The summed E-state index contributed by atoms with van der Waals surface area (Å²) in [6.07, 6.45) is 1.27. The highest BCUT2D eigenvalue weighted by molar-refractivity contribution is 5.81. The van der Waals surface area contributed by atoms with Crippen LogP contribution in [0.3, 0.4) is 0 Å². The highest BCUT2D eigenvalue weighted by atomic mass is 16.5. The molecule has 2 atom stereocenters. The molecule has 2 N–H and O–H groups in total. The first-order chi connectivity index (χ1) is 12.1. The largest absolute Gasteiger partial charge is 0.387 e. The van der Waals surface area contributed by atoms with Crippen molar-refractivity contribution in [3.8, 4) is 0 Å². The first kappa shape index (κ1) is 17.6. The fourth-order valence-electron chi connectivity index (χ4n) is 3.47. The zero-order valence-corrected chi connectivity index (χ0v) is 14.5. The number of carbonyl (C=O) groups excluding carboxylic acids is 1. The molecule has 3 rings (SSSR count). The molecule has 25 heavy (non-hydrogen) atoms. The van der Waals surface area contributed by atoms with Crippen LogP contribution in [0.1, 0.15) is 36.8 Å². The van der Waals surface area contributed by atoms with Gasteiger partial charge in [0.2, 0.25) is 5.91 Å². The van der Waals surface area contributed by atoms with Crippen LogP contribution in [-0.4, -0.2) is 35.9 Å². The Morgan fingerprint density at radius 3 is 2.20 bits per heavy atom. The van der Waals surface area contributed by atoms with E-state index in [-0.39, 0.29) is 24.5 Å². The van der Waals surface area contributed by atoms with E-state index in [1.165, 1.54) is 0 Å². The highest BCUT2D eigenvalue weighted by Crippen LogP contribution is 2.34. The Hall–Kier alpha value is -2.17. The van der Waals surface area contributed by atoms with Gasteiger partial charge in [-0.15, -0.1) is 0 Å². The summed E-state index contributed by atoms with van der Waals surface area (Å²) in [6, 6.07) is 19.8. The zero-order valence-electron chi connectivity index (χ0n) is 14.5. The molecule has 1 heterocycles. The minimum Gasteiger partial charge on any atom is -0.387 e. The molecule has 132 valence electrons. The Bertz CT molecular complexity index is 639. The van der Waals surface area contributed by atoms with E-state index in [0.717, 1.165) is 24.0 Å². The molecule has 0 aromatic heterocycles. The molecule has 4 heteroatoms. The maximum absolute atomic E-state index is 12.2. The van der Waals surface area contributed by atoms with Crippen LogP contribution in [-0.2, 0) is 9.53 Å². The quantitative estimate of drug-likeness (QED) is 0.851. The molecule has 0 spiro atoms. The molecule has 0 radical (unpaired) electrons. The number of ether oxygens (including phenoxy) is 1. The van der Waals surface area contributed by atoms with E-state index in [9.17, 15) is 9.90 Å². The van der Waals surface area contributed by atoms with Crippen molar-refractivity contribution in [2.75, 3.05) is 13.2 Å². The van der Waals surface area contributed by atoms with Gasteiger partial charge in [0.05, 0.1) is 5.60 Å². The Morgan fingerprint density at radius 2 is 1.72 bits per heavy atom. The molecular weight excluding hydrogens is 314 g/mol. The van der Waals surface area contributed by atoms with E-state index in [2.05, 4.69) is 5.32 Å². The van der Waals surface area contributed by atoms with Gasteiger partial charge in [-0.3, -0.25) is 4.79 Å². The minimum absolute atomic E-state index is 0.141. The second-order valence-corrected chi connectivity index (χ2v) is 6.83. The average molecular weight is 339 g/mol. The number of hydrogen-bond acceptors (Lipinski definition) is 3. The Kier molecular flexibility index (Phi) is 5.51. The molecule has 1 aliphatic rings. The Morgan fingerprint density at radius 1 is 1.16 bits per heavy atom. The van der Waals surface area contributed by atoms with Crippen molar-refractivity contribution in [1.82, 2.24) is 5.32 Å². The van der Waals surface area contributed by atoms with Crippen molar-refractivity contribution in [3.63, 3.8) is 0 Å². The minimum atomic E-state index is -1.13. The average Bonchev–Trinajstić information content (AvgIpc) is 3.16. The molecule has 0 unspecified atom stereocenters. The summed E-state index contributed by atoms with van der Waals surface area (Å²) in [7, 11) is 0. The lowest BCUT2D eigenvalue weighted by atomic mass is 9.78. The van der Waals surface area contributed by atoms with Gasteiger partial charge in [-0.2, -0.15) is 0 Å². The zero-order chi connectivity index (χ0) is 17.7. The molecule has 0 aliphatic carbocycles. The molecule has 2 aromatic rings. The highest BCUT2D eigenvalue weighted by Gasteiger charge is 2.35. The smallest absolute Gasteiger partial charge is 0.249 e. The molecule has 4 nitrogen and oxygen atoms in total. The fourth-order valence-corrected chi connectivity index (χ4v) is 3.47. The number of nitrogens with one attached hydrogen (secondary N) is 1. The normalized spacial score (nSPS) is 19.6.